The zero-order valence-corrected chi connectivity index (χ0v) is 9.22. The van der Waals surface area contributed by atoms with E-state index in [2.05, 4.69) is 16.8 Å². The van der Waals surface area contributed by atoms with Gasteiger partial charge in [-0.1, -0.05) is 5.24 Å². The molecule has 0 aliphatic carbocycles. The lowest BCUT2D eigenvalue weighted by Crippen LogP contribution is -2.49. The summed E-state index contributed by atoms with van der Waals surface area (Å²) in [7, 11) is 16.3. The number of rotatable bonds is 3. The number of thiophene rings is 1. The van der Waals surface area contributed by atoms with Gasteiger partial charge in [0.25, 0.3) is 0 Å². The van der Waals surface area contributed by atoms with Gasteiger partial charge >= 0.3 is 0 Å². The van der Waals surface area contributed by atoms with Crippen molar-refractivity contribution in [2.75, 3.05) is 13.2 Å². The highest BCUT2D eigenvalue weighted by Crippen LogP contribution is 2.31. The number of nitrogens with one attached hydrogen (secondary N) is 1. The predicted molar refractivity (Wildman–Crippen MR) is 64.7 cm³/mol. The maximum atomic E-state index is 5.64. The molecule has 0 unspecified atom stereocenters. The van der Waals surface area contributed by atoms with Crippen molar-refractivity contribution < 1.29 is 4.74 Å². The van der Waals surface area contributed by atoms with Crippen LogP contribution in [-0.4, -0.2) is 41.9 Å². The Morgan fingerprint density at radius 2 is 2.33 bits per heavy atom. The highest BCUT2D eigenvalue weighted by atomic mass is 32.1. The van der Waals surface area contributed by atoms with E-state index in [1.807, 2.05) is 0 Å². The van der Waals surface area contributed by atoms with Crippen molar-refractivity contribution in [2.24, 2.45) is 0 Å². The first kappa shape index (κ1) is 11.3. The van der Waals surface area contributed by atoms with Crippen LogP contribution in [-0.2, 0) is 11.2 Å². The molecule has 1 N–H and O–H groups in total. The molecular formula is C9H10B3NOS. The Bertz CT molecular complexity index is 336. The van der Waals surface area contributed by atoms with Gasteiger partial charge in [-0.3, -0.25) is 0 Å². The molecule has 0 saturated carbocycles. The minimum Gasteiger partial charge on any atom is -0.371 e. The molecule has 0 aromatic carbocycles. The molecule has 1 aromatic rings. The summed E-state index contributed by atoms with van der Waals surface area (Å²) in [6.07, 6.45) is 0.998. The molecule has 2 rings (SSSR count). The number of ether oxygens (including phenoxy) is 1. The first-order valence-electron chi connectivity index (χ1n) is 4.86. The van der Waals surface area contributed by atoms with Gasteiger partial charge < -0.3 is 10.1 Å². The molecule has 2 nitrogen and oxygen atoms in total. The zero-order chi connectivity index (χ0) is 10.9. The molecule has 6 heteroatoms. The average Bonchev–Trinajstić information content (AvgIpc) is 2.61. The summed E-state index contributed by atoms with van der Waals surface area (Å²) in [5, 5.41) is 3.58. The summed E-state index contributed by atoms with van der Waals surface area (Å²) < 4.78 is 5.64. The van der Waals surface area contributed by atoms with Crippen LogP contribution < -0.4 is 5.32 Å². The molecule has 1 aliphatic heterocycles. The maximum Gasteiger partial charge on any atom is 0.104 e. The van der Waals surface area contributed by atoms with Crippen LogP contribution in [0.3, 0.4) is 0 Å². The largest absolute Gasteiger partial charge is 0.371 e. The van der Waals surface area contributed by atoms with Crippen molar-refractivity contribution in [3.8, 4) is 0 Å². The fourth-order valence-electron chi connectivity index (χ4n) is 1.64. The predicted octanol–water partition coefficient (Wildman–Crippen LogP) is 0.0683. The van der Waals surface area contributed by atoms with Gasteiger partial charge in [0.15, 0.2) is 0 Å². The molecule has 1 aliphatic rings. The lowest BCUT2D eigenvalue weighted by atomic mass is 9.49. The number of hydrogen-bond donors (Lipinski definition) is 1. The molecule has 1 aromatic heterocycles. The van der Waals surface area contributed by atoms with E-state index in [1.54, 1.807) is 11.3 Å². The highest BCUT2D eigenvalue weighted by molar-refractivity contribution is 7.10. The Morgan fingerprint density at radius 3 is 3.07 bits per heavy atom. The van der Waals surface area contributed by atoms with Gasteiger partial charge in [0, 0.05) is 11.4 Å². The van der Waals surface area contributed by atoms with Gasteiger partial charge in [0.2, 0.25) is 0 Å². The summed E-state index contributed by atoms with van der Waals surface area (Å²) in [5.74, 6) is 0. The molecule has 1 atom stereocenters. The summed E-state index contributed by atoms with van der Waals surface area (Å²) in [6, 6.07) is 2.14. The molecule has 6 radical (unpaired) electrons. The quantitative estimate of drug-likeness (QED) is 0.717. The number of hydrogen-bond acceptors (Lipinski definition) is 3. The van der Waals surface area contributed by atoms with Gasteiger partial charge in [-0.05, 0) is 23.4 Å². The average molecular weight is 213 g/mol. The van der Waals surface area contributed by atoms with Crippen molar-refractivity contribution in [2.45, 2.75) is 17.8 Å². The minimum absolute atomic E-state index is 0.0174. The Morgan fingerprint density at radius 1 is 1.53 bits per heavy atom. The van der Waals surface area contributed by atoms with E-state index < -0.39 is 5.24 Å². The fourth-order valence-corrected chi connectivity index (χ4v) is 2.65. The Kier molecular flexibility index (Phi) is 3.28. The van der Waals surface area contributed by atoms with E-state index >= 15 is 0 Å². The molecule has 72 valence electrons. The standard InChI is InChI=1S/C9H10B3NOS/c10-9(11,12)13-5-7-8-6(1-3-14-7)2-4-15-8/h2,4,7,13H,1,3,5H2/t7-/m0/s1. The van der Waals surface area contributed by atoms with Crippen LogP contribution in [0.5, 0.6) is 0 Å². The molecule has 0 amide bonds. The van der Waals surface area contributed by atoms with Crippen molar-refractivity contribution >= 4 is 34.9 Å². The Labute approximate surface area is 98.0 Å². The van der Waals surface area contributed by atoms with Crippen LogP contribution in [0.25, 0.3) is 0 Å². The van der Waals surface area contributed by atoms with Gasteiger partial charge in [-0.15, -0.1) is 11.3 Å². The van der Waals surface area contributed by atoms with E-state index in [0.717, 1.165) is 13.0 Å². The van der Waals surface area contributed by atoms with E-state index in [4.69, 9.17) is 28.3 Å². The molecule has 0 fully saturated rings. The summed E-state index contributed by atoms with van der Waals surface area (Å²) in [6.45, 7) is 1.28. The second-order valence-corrected chi connectivity index (χ2v) is 4.68. The molecule has 0 saturated heterocycles. The first-order chi connectivity index (χ1) is 7.06. The van der Waals surface area contributed by atoms with Gasteiger partial charge in [-0.2, -0.15) is 0 Å². The van der Waals surface area contributed by atoms with Crippen LogP contribution in [0.15, 0.2) is 11.4 Å². The smallest absolute Gasteiger partial charge is 0.104 e. The summed E-state index contributed by atoms with van der Waals surface area (Å²) in [5.41, 5.74) is 1.36. The normalized spacial score (nSPS) is 21.2. The molecule has 0 bridgehead atoms. The van der Waals surface area contributed by atoms with Gasteiger partial charge in [-0.25, -0.2) is 0 Å². The van der Waals surface area contributed by atoms with E-state index in [1.165, 1.54) is 10.4 Å². The highest BCUT2D eigenvalue weighted by Gasteiger charge is 2.23. The summed E-state index contributed by atoms with van der Waals surface area (Å²) in [4.78, 5) is 1.25. The van der Waals surface area contributed by atoms with Crippen molar-refractivity contribution in [1.82, 2.24) is 5.32 Å². The van der Waals surface area contributed by atoms with Crippen molar-refractivity contribution in [3.05, 3.63) is 21.9 Å². The second kappa shape index (κ2) is 4.36. The fraction of sp³-hybridized carbons (Fsp3) is 0.556. The van der Waals surface area contributed by atoms with Crippen LogP contribution in [0.2, 0.25) is 0 Å². The second-order valence-electron chi connectivity index (χ2n) is 3.73. The topological polar surface area (TPSA) is 21.3 Å². The molecule has 15 heavy (non-hydrogen) atoms. The number of fused-ring (bicyclic) bond motifs is 1. The molecular weight excluding hydrogens is 203 g/mol. The molecule has 0 spiro atoms. The van der Waals surface area contributed by atoms with Crippen LogP contribution in [0.1, 0.15) is 16.5 Å². The third kappa shape index (κ3) is 2.89. The third-order valence-corrected chi connectivity index (χ3v) is 3.41. The lowest BCUT2D eigenvalue weighted by molar-refractivity contribution is 0.0455. The maximum absolute atomic E-state index is 5.64. The minimum atomic E-state index is -1.34. The van der Waals surface area contributed by atoms with E-state index in [9.17, 15) is 0 Å². The Balaban J connectivity index is 2.01. The molecule has 2 heterocycles. The zero-order valence-electron chi connectivity index (χ0n) is 8.40. The van der Waals surface area contributed by atoms with Crippen LogP contribution >= 0.6 is 11.3 Å². The van der Waals surface area contributed by atoms with Gasteiger partial charge in [0.05, 0.1) is 30.1 Å². The SMILES string of the molecule is [B]C([B])([B])NC[C@@H]1OCCc2ccsc21. The van der Waals surface area contributed by atoms with Crippen molar-refractivity contribution in [1.29, 1.82) is 0 Å². The van der Waals surface area contributed by atoms with Gasteiger partial charge in [0.1, 0.15) is 6.10 Å². The van der Waals surface area contributed by atoms with E-state index in [-0.39, 0.29) is 6.10 Å². The lowest BCUT2D eigenvalue weighted by Gasteiger charge is -2.28. The first-order valence-corrected chi connectivity index (χ1v) is 5.74. The monoisotopic (exact) mass is 213 g/mol. The summed E-state index contributed by atoms with van der Waals surface area (Å²) >= 11 is 1.70. The van der Waals surface area contributed by atoms with Crippen LogP contribution in [0.4, 0.5) is 0 Å². The Hall–Kier alpha value is -0.185. The van der Waals surface area contributed by atoms with Crippen LogP contribution in [0, 0.1) is 0 Å². The van der Waals surface area contributed by atoms with Crippen molar-refractivity contribution in [3.63, 3.8) is 0 Å². The van der Waals surface area contributed by atoms with E-state index in [0.29, 0.717) is 6.54 Å². The third-order valence-electron chi connectivity index (χ3n) is 2.36.